The Bertz CT molecular complexity index is 388. The molecule has 1 saturated heterocycles. The highest BCUT2D eigenvalue weighted by Crippen LogP contribution is 2.21. The average molecular weight is 232 g/mol. The number of piperidine rings is 1. The van der Waals surface area contributed by atoms with E-state index in [9.17, 15) is 0 Å². The van der Waals surface area contributed by atoms with Crippen molar-refractivity contribution in [1.82, 2.24) is 4.90 Å². The van der Waals surface area contributed by atoms with Gasteiger partial charge in [0, 0.05) is 31.5 Å². The summed E-state index contributed by atoms with van der Waals surface area (Å²) >= 11 is 0. The molecule has 3 nitrogen and oxygen atoms in total. The van der Waals surface area contributed by atoms with E-state index in [4.69, 9.17) is 5.21 Å². The lowest BCUT2D eigenvalue weighted by Crippen LogP contribution is -2.44. The van der Waals surface area contributed by atoms with Crippen molar-refractivity contribution in [1.29, 1.82) is 0 Å². The molecule has 0 aromatic heterocycles. The molecule has 0 radical (unpaired) electrons. The molecule has 1 heterocycles. The van der Waals surface area contributed by atoms with Crippen LogP contribution in [0.1, 0.15) is 25.8 Å². The predicted octanol–water partition coefficient (Wildman–Crippen LogP) is 2.75. The average Bonchev–Trinajstić information content (AvgIpc) is 2.34. The third kappa shape index (κ3) is 2.86. The van der Waals surface area contributed by atoms with Crippen LogP contribution in [0.5, 0.6) is 0 Å². The number of hydrogen-bond donors (Lipinski definition) is 1. The second-order valence-electron chi connectivity index (χ2n) is 4.96. The lowest BCUT2D eigenvalue weighted by molar-refractivity contribution is 0.168. The maximum absolute atomic E-state index is 8.92. The van der Waals surface area contributed by atoms with Crippen LogP contribution >= 0.6 is 0 Å². The molecule has 0 aliphatic carbocycles. The smallest absolute Gasteiger partial charge is 0.0627 e. The van der Waals surface area contributed by atoms with Crippen molar-refractivity contribution in [2.45, 2.75) is 32.9 Å². The lowest BCUT2D eigenvalue weighted by atomic mass is 9.92. The summed E-state index contributed by atoms with van der Waals surface area (Å²) in [4.78, 5) is 2.45. The number of likely N-dealkylation sites (tertiary alicyclic amines) is 1. The fraction of sp³-hybridized carbons (Fsp3) is 0.500. The second-order valence-corrected chi connectivity index (χ2v) is 4.96. The Morgan fingerprint density at radius 3 is 2.65 bits per heavy atom. The summed E-state index contributed by atoms with van der Waals surface area (Å²) in [6.45, 7) is 6.26. The Morgan fingerprint density at radius 2 is 2.00 bits per heavy atom. The van der Waals surface area contributed by atoms with E-state index < -0.39 is 0 Å². The summed E-state index contributed by atoms with van der Waals surface area (Å²) in [5.41, 5.74) is 2.28. The van der Waals surface area contributed by atoms with Crippen molar-refractivity contribution < 1.29 is 5.21 Å². The van der Waals surface area contributed by atoms with Gasteiger partial charge in [-0.1, -0.05) is 42.4 Å². The molecule has 1 aromatic rings. The van der Waals surface area contributed by atoms with Gasteiger partial charge in [0.1, 0.15) is 0 Å². The van der Waals surface area contributed by atoms with Crippen molar-refractivity contribution in [2.24, 2.45) is 11.1 Å². The molecule has 1 fully saturated rings. The molecule has 1 aliphatic rings. The quantitative estimate of drug-likeness (QED) is 0.628. The first kappa shape index (κ1) is 12.1. The maximum atomic E-state index is 8.92. The van der Waals surface area contributed by atoms with E-state index in [2.05, 4.69) is 48.2 Å². The van der Waals surface area contributed by atoms with Gasteiger partial charge in [-0.15, -0.1) is 0 Å². The summed E-state index contributed by atoms with van der Waals surface area (Å²) in [7, 11) is 0. The monoisotopic (exact) mass is 232 g/mol. The first-order chi connectivity index (χ1) is 8.20. The Morgan fingerprint density at radius 1 is 1.29 bits per heavy atom. The fourth-order valence-corrected chi connectivity index (χ4v) is 2.45. The molecule has 0 bridgehead atoms. The molecule has 92 valence electrons. The fourth-order valence-electron chi connectivity index (χ4n) is 2.45. The zero-order valence-corrected chi connectivity index (χ0v) is 10.5. The van der Waals surface area contributed by atoms with Gasteiger partial charge in [0.25, 0.3) is 0 Å². The standard InChI is InChI=1S/C14H20N2O/c1-11-9-16(12(2)8-14(11)15-17)10-13-6-4-3-5-7-13/h3-7,11-12,17H,8-10H2,1-2H3/b15-14-/t11-,12-/m1/s1. The normalized spacial score (nSPS) is 28.5. The maximum Gasteiger partial charge on any atom is 0.0627 e. The Hall–Kier alpha value is -1.35. The van der Waals surface area contributed by atoms with Gasteiger partial charge >= 0.3 is 0 Å². The summed E-state index contributed by atoms with van der Waals surface area (Å²) in [5, 5.41) is 12.3. The molecule has 2 atom stereocenters. The van der Waals surface area contributed by atoms with Crippen LogP contribution in [0.4, 0.5) is 0 Å². The number of benzene rings is 1. The zero-order chi connectivity index (χ0) is 12.3. The van der Waals surface area contributed by atoms with Crippen LogP contribution in [0.2, 0.25) is 0 Å². The van der Waals surface area contributed by atoms with Gasteiger partial charge in [-0.3, -0.25) is 4.90 Å². The summed E-state index contributed by atoms with van der Waals surface area (Å²) < 4.78 is 0. The Kier molecular flexibility index (Phi) is 3.79. The second kappa shape index (κ2) is 5.32. The van der Waals surface area contributed by atoms with Gasteiger partial charge in [0.05, 0.1) is 5.71 Å². The van der Waals surface area contributed by atoms with Gasteiger partial charge in [-0.25, -0.2) is 0 Å². The molecular weight excluding hydrogens is 212 g/mol. The molecule has 0 amide bonds. The van der Waals surface area contributed by atoms with Crippen LogP contribution < -0.4 is 0 Å². The van der Waals surface area contributed by atoms with Crippen molar-refractivity contribution in [2.75, 3.05) is 6.54 Å². The van der Waals surface area contributed by atoms with E-state index in [-0.39, 0.29) is 0 Å². The zero-order valence-electron chi connectivity index (χ0n) is 10.5. The predicted molar refractivity (Wildman–Crippen MR) is 69.3 cm³/mol. The molecule has 3 heteroatoms. The highest BCUT2D eigenvalue weighted by molar-refractivity contribution is 5.87. The van der Waals surface area contributed by atoms with Crippen LogP contribution in [0.25, 0.3) is 0 Å². The molecule has 1 aliphatic heterocycles. The minimum atomic E-state index is 0.347. The molecule has 17 heavy (non-hydrogen) atoms. The van der Waals surface area contributed by atoms with Gasteiger partial charge in [-0.2, -0.15) is 0 Å². The van der Waals surface area contributed by atoms with Gasteiger partial charge < -0.3 is 5.21 Å². The van der Waals surface area contributed by atoms with E-state index in [0.717, 1.165) is 25.2 Å². The van der Waals surface area contributed by atoms with Gasteiger partial charge in [-0.05, 0) is 12.5 Å². The first-order valence-corrected chi connectivity index (χ1v) is 6.19. The molecule has 0 spiro atoms. The van der Waals surface area contributed by atoms with Crippen molar-refractivity contribution in [3.05, 3.63) is 35.9 Å². The third-order valence-electron chi connectivity index (χ3n) is 3.56. The van der Waals surface area contributed by atoms with E-state index in [1.165, 1.54) is 5.56 Å². The third-order valence-corrected chi connectivity index (χ3v) is 3.56. The van der Waals surface area contributed by atoms with E-state index >= 15 is 0 Å². The largest absolute Gasteiger partial charge is 0.411 e. The highest BCUT2D eigenvalue weighted by Gasteiger charge is 2.27. The van der Waals surface area contributed by atoms with Crippen molar-refractivity contribution in [3.8, 4) is 0 Å². The Labute approximate surface area is 103 Å². The minimum absolute atomic E-state index is 0.347. The summed E-state index contributed by atoms with van der Waals surface area (Å²) in [6.07, 6.45) is 0.866. The number of oxime groups is 1. The Balaban J connectivity index is 2.03. The van der Waals surface area contributed by atoms with Gasteiger partial charge in [0.2, 0.25) is 0 Å². The van der Waals surface area contributed by atoms with Crippen molar-refractivity contribution in [3.63, 3.8) is 0 Å². The lowest BCUT2D eigenvalue weighted by Gasteiger charge is -2.37. The number of hydrogen-bond acceptors (Lipinski definition) is 3. The van der Waals surface area contributed by atoms with E-state index in [0.29, 0.717) is 12.0 Å². The first-order valence-electron chi connectivity index (χ1n) is 6.19. The highest BCUT2D eigenvalue weighted by atomic mass is 16.4. The van der Waals surface area contributed by atoms with Crippen molar-refractivity contribution >= 4 is 5.71 Å². The summed E-state index contributed by atoms with van der Waals surface area (Å²) in [5.74, 6) is 0.347. The van der Waals surface area contributed by atoms with Crippen LogP contribution in [-0.2, 0) is 6.54 Å². The van der Waals surface area contributed by atoms with Gasteiger partial charge in [0.15, 0.2) is 0 Å². The van der Waals surface area contributed by atoms with Crippen LogP contribution in [0, 0.1) is 5.92 Å². The van der Waals surface area contributed by atoms with Crippen LogP contribution in [0.15, 0.2) is 35.5 Å². The topological polar surface area (TPSA) is 35.8 Å². The molecular formula is C14H20N2O. The van der Waals surface area contributed by atoms with Crippen LogP contribution in [0.3, 0.4) is 0 Å². The molecule has 1 aromatic carbocycles. The number of rotatable bonds is 2. The molecule has 1 N–H and O–H groups in total. The van der Waals surface area contributed by atoms with Crippen LogP contribution in [-0.4, -0.2) is 28.4 Å². The van der Waals surface area contributed by atoms with E-state index in [1.807, 2.05) is 6.07 Å². The van der Waals surface area contributed by atoms with E-state index in [1.54, 1.807) is 0 Å². The molecule has 0 saturated carbocycles. The molecule has 0 unspecified atom stereocenters. The number of nitrogens with zero attached hydrogens (tertiary/aromatic N) is 2. The minimum Gasteiger partial charge on any atom is -0.411 e. The SMILES string of the molecule is C[C@@H]1CN(Cc2ccccc2)[C@H](C)C/C1=N/O. The summed E-state index contributed by atoms with van der Waals surface area (Å²) in [6, 6.07) is 11.0. The molecule has 2 rings (SSSR count).